The molecule has 1 atom stereocenters. The highest BCUT2D eigenvalue weighted by molar-refractivity contribution is 6.42. The van der Waals surface area contributed by atoms with Crippen LogP contribution in [0, 0.1) is 11.6 Å². The number of nitrogens with zero attached hydrogens (tertiary/aromatic N) is 2. The molecule has 3 rings (SSSR count). The van der Waals surface area contributed by atoms with E-state index < -0.39 is 23.3 Å². The van der Waals surface area contributed by atoms with E-state index in [1.165, 1.54) is 11.0 Å². The van der Waals surface area contributed by atoms with E-state index in [4.69, 9.17) is 28.0 Å². The fraction of sp³-hybridized carbons (Fsp3) is 0.364. The molecule has 0 unspecified atom stereocenters. The fourth-order valence-corrected chi connectivity index (χ4v) is 3.39. The van der Waals surface area contributed by atoms with Gasteiger partial charge in [-0.3, -0.25) is 0 Å². The summed E-state index contributed by atoms with van der Waals surface area (Å²) in [4.78, 5) is 19.8. The molecule has 1 N–H and O–H groups in total. The van der Waals surface area contributed by atoms with Gasteiger partial charge in [0.15, 0.2) is 6.10 Å². The largest absolute Gasteiger partial charge is 0.390 e. The number of carbonyl (C=O) groups is 1. The molecular formula is C22H23Cl2F2N3O2. The zero-order valence-electron chi connectivity index (χ0n) is 17.4. The molecular weight excluding hydrogens is 447 g/mol. The van der Waals surface area contributed by atoms with Crippen LogP contribution in [0.15, 0.2) is 41.6 Å². The first-order valence-electron chi connectivity index (χ1n) is 9.71. The maximum Gasteiger partial charge on any atom is 0.318 e. The Morgan fingerprint density at radius 3 is 2.58 bits per heavy atom. The molecule has 5 nitrogen and oxygen atoms in total. The van der Waals surface area contributed by atoms with Crippen molar-refractivity contribution in [2.75, 3.05) is 6.54 Å². The summed E-state index contributed by atoms with van der Waals surface area (Å²) in [5, 5.41) is 7.82. The van der Waals surface area contributed by atoms with E-state index in [9.17, 15) is 13.6 Å². The number of oxime groups is 1. The maximum atomic E-state index is 14.2. The van der Waals surface area contributed by atoms with Crippen molar-refractivity contribution >= 4 is 34.9 Å². The SMILES string of the molecule is CC(C)(C)NC(=O)N(Cc1ccc(F)cc1F)C[C@H]1CC(c2ccc(Cl)c(Cl)c2)=NO1. The number of benzene rings is 2. The third-order valence-corrected chi connectivity index (χ3v) is 5.29. The quantitative estimate of drug-likeness (QED) is 0.603. The van der Waals surface area contributed by atoms with Crippen molar-refractivity contribution in [1.29, 1.82) is 0 Å². The molecule has 1 heterocycles. The van der Waals surface area contributed by atoms with Gasteiger partial charge in [-0.05, 0) is 39.0 Å². The molecule has 0 bridgehead atoms. The minimum Gasteiger partial charge on any atom is -0.390 e. The molecule has 31 heavy (non-hydrogen) atoms. The van der Waals surface area contributed by atoms with E-state index in [1.54, 1.807) is 18.2 Å². The van der Waals surface area contributed by atoms with Crippen LogP contribution in [0.25, 0.3) is 0 Å². The lowest BCUT2D eigenvalue weighted by Gasteiger charge is -2.29. The minimum atomic E-state index is -0.714. The Bertz CT molecular complexity index is 1010. The number of halogens is 4. The summed E-state index contributed by atoms with van der Waals surface area (Å²) >= 11 is 12.0. The van der Waals surface area contributed by atoms with E-state index in [0.717, 1.165) is 17.7 Å². The number of nitrogens with one attached hydrogen (secondary N) is 1. The van der Waals surface area contributed by atoms with Crippen molar-refractivity contribution in [2.45, 2.75) is 45.4 Å². The molecule has 2 aromatic rings. The smallest absolute Gasteiger partial charge is 0.318 e. The van der Waals surface area contributed by atoms with Crippen molar-refractivity contribution < 1.29 is 18.4 Å². The predicted molar refractivity (Wildman–Crippen MR) is 118 cm³/mol. The topological polar surface area (TPSA) is 53.9 Å². The summed E-state index contributed by atoms with van der Waals surface area (Å²) in [6.07, 6.45) is 0.00191. The van der Waals surface area contributed by atoms with Crippen LogP contribution >= 0.6 is 23.2 Å². The first-order chi connectivity index (χ1) is 14.5. The van der Waals surface area contributed by atoms with Crippen molar-refractivity contribution in [3.63, 3.8) is 0 Å². The number of hydrogen-bond acceptors (Lipinski definition) is 3. The second kappa shape index (κ2) is 9.40. The average Bonchev–Trinajstić information content (AvgIpc) is 3.12. The summed E-state index contributed by atoms with van der Waals surface area (Å²) in [6.45, 7) is 5.65. The van der Waals surface area contributed by atoms with Gasteiger partial charge >= 0.3 is 6.03 Å². The van der Waals surface area contributed by atoms with Gasteiger partial charge in [-0.15, -0.1) is 0 Å². The van der Waals surface area contributed by atoms with Crippen LogP contribution in [0.2, 0.25) is 10.0 Å². The Hall–Kier alpha value is -2.38. The first kappa shape index (κ1) is 23.3. The minimum absolute atomic E-state index is 0.0456. The number of amides is 2. The van der Waals surface area contributed by atoms with Crippen LogP contribution in [0.5, 0.6) is 0 Å². The Kier molecular flexibility index (Phi) is 7.06. The molecule has 0 aliphatic carbocycles. The van der Waals surface area contributed by atoms with Crippen molar-refractivity contribution in [3.05, 3.63) is 69.2 Å². The van der Waals surface area contributed by atoms with Gasteiger partial charge in [-0.2, -0.15) is 0 Å². The summed E-state index contributed by atoms with van der Waals surface area (Å²) in [7, 11) is 0. The molecule has 9 heteroatoms. The zero-order chi connectivity index (χ0) is 22.8. The molecule has 0 radical (unpaired) electrons. The molecule has 2 aromatic carbocycles. The summed E-state index contributed by atoms with van der Waals surface area (Å²) in [5.41, 5.74) is 1.16. The first-order valence-corrected chi connectivity index (χ1v) is 10.5. The van der Waals surface area contributed by atoms with Gasteiger partial charge in [0.2, 0.25) is 0 Å². The number of urea groups is 1. The van der Waals surface area contributed by atoms with Gasteiger partial charge in [-0.1, -0.05) is 40.5 Å². The lowest BCUT2D eigenvalue weighted by molar-refractivity contribution is 0.0578. The Morgan fingerprint density at radius 1 is 1.19 bits per heavy atom. The Labute approximate surface area is 190 Å². The number of carbonyl (C=O) groups excluding carboxylic acids is 1. The van der Waals surface area contributed by atoms with E-state index in [2.05, 4.69) is 10.5 Å². The van der Waals surface area contributed by atoms with Crippen LogP contribution in [0.4, 0.5) is 13.6 Å². The predicted octanol–water partition coefficient (Wildman–Crippen LogP) is 5.77. The highest BCUT2D eigenvalue weighted by Crippen LogP contribution is 2.26. The van der Waals surface area contributed by atoms with E-state index in [-0.39, 0.29) is 24.7 Å². The summed E-state index contributed by atoms with van der Waals surface area (Å²) in [5.74, 6) is -1.39. The van der Waals surface area contributed by atoms with Gasteiger partial charge < -0.3 is 15.1 Å². The van der Waals surface area contributed by atoms with Crippen LogP contribution in [0.1, 0.15) is 38.3 Å². The lowest BCUT2D eigenvalue weighted by atomic mass is 10.0. The van der Waals surface area contributed by atoms with Crippen LogP contribution in [-0.2, 0) is 11.4 Å². The van der Waals surface area contributed by atoms with E-state index in [1.807, 2.05) is 20.8 Å². The van der Waals surface area contributed by atoms with Crippen LogP contribution < -0.4 is 5.32 Å². The lowest BCUT2D eigenvalue weighted by Crippen LogP contribution is -2.50. The maximum absolute atomic E-state index is 14.2. The molecule has 0 aromatic heterocycles. The highest BCUT2D eigenvalue weighted by atomic mass is 35.5. The summed E-state index contributed by atoms with van der Waals surface area (Å²) < 4.78 is 27.5. The van der Waals surface area contributed by atoms with Gasteiger partial charge in [0.05, 0.1) is 28.8 Å². The van der Waals surface area contributed by atoms with E-state index in [0.29, 0.717) is 22.2 Å². The van der Waals surface area contributed by atoms with Gasteiger partial charge in [0.1, 0.15) is 11.6 Å². The third-order valence-electron chi connectivity index (χ3n) is 4.56. The zero-order valence-corrected chi connectivity index (χ0v) is 18.9. The number of hydrogen-bond donors (Lipinski definition) is 1. The van der Waals surface area contributed by atoms with Crippen molar-refractivity contribution in [2.24, 2.45) is 5.16 Å². The van der Waals surface area contributed by atoms with Gasteiger partial charge in [0, 0.05) is 29.2 Å². The molecule has 0 fully saturated rings. The normalized spacial score (nSPS) is 16.0. The van der Waals surface area contributed by atoms with Crippen molar-refractivity contribution in [3.8, 4) is 0 Å². The second-order valence-electron chi connectivity index (χ2n) is 8.39. The Balaban J connectivity index is 1.74. The second-order valence-corrected chi connectivity index (χ2v) is 9.21. The summed E-state index contributed by atoms with van der Waals surface area (Å²) in [6, 6.07) is 8.07. The molecule has 166 valence electrons. The molecule has 1 aliphatic heterocycles. The standard InChI is InChI=1S/C22H23Cl2F2N3O2/c1-22(2,3)27-21(30)29(11-14-4-6-15(25)9-19(14)26)12-16-10-20(28-31-16)13-5-7-17(23)18(24)8-13/h4-9,16H,10-12H2,1-3H3,(H,27,30)/t16-/m1/s1. The van der Waals surface area contributed by atoms with Gasteiger partial charge in [-0.25, -0.2) is 13.6 Å². The molecule has 0 saturated carbocycles. The van der Waals surface area contributed by atoms with E-state index >= 15 is 0 Å². The van der Waals surface area contributed by atoms with Crippen LogP contribution in [-0.4, -0.2) is 34.8 Å². The van der Waals surface area contributed by atoms with Gasteiger partial charge in [0.25, 0.3) is 0 Å². The number of rotatable bonds is 5. The molecule has 2 amide bonds. The monoisotopic (exact) mass is 469 g/mol. The molecule has 1 aliphatic rings. The molecule has 0 saturated heterocycles. The fourth-order valence-electron chi connectivity index (χ4n) is 3.09. The highest BCUT2D eigenvalue weighted by Gasteiger charge is 2.29. The van der Waals surface area contributed by atoms with Crippen molar-refractivity contribution in [1.82, 2.24) is 10.2 Å². The Morgan fingerprint density at radius 2 is 1.94 bits per heavy atom. The molecule has 0 spiro atoms. The third kappa shape index (κ3) is 6.31. The van der Waals surface area contributed by atoms with Crippen LogP contribution in [0.3, 0.4) is 0 Å². The average molecular weight is 470 g/mol.